The Morgan fingerprint density at radius 2 is 1.93 bits per heavy atom. The fraction of sp³-hybridized carbons (Fsp3) is 0.417. The van der Waals surface area contributed by atoms with Crippen molar-refractivity contribution in [1.82, 2.24) is 5.32 Å². The zero-order valence-electron chi connectivity index (χ0n) is 9.52. The number of nitrogens with one attached hydrogen (secondary N) is 1. The lowest BCUT2D eigenvalue weighted by Crippen LogP contribution is -2.21. The van der Waals surface area contributed by atoms with Crippen LogP contribution in [0.3, 0.4) is 0 Å². The van der Waals surface area contributed by atoms with E-state index >= 15 is 0 Å². The first-order valence-electron chi connectivity index (χ1n) is 4.88. The third-order valence-corrected chi connectivity index (χ3v) is 2.30. The van der Waals surface area contributed by atoms with Crippen molar-refractivity contribution in [1.29, 1.82) is 0 Å². The third-order valence-electron chi connectivity index (χ3n) is 2.30. The van der Waals surface area contributed by atoms with Gasteiger partial charge >= 0.3 is 0 Å². The third kappa shape index (κ3) is 2.55. The predicted octanol–water partition coefficient (Wildman–Crippen LogP) is 2.48. The molecule has 0 unspecified atom stereocenters. The van der Waals surface area contributed by atoms with Crippen molar-refractivity contribution in [3.8, 4) is 0 Å². The summed E-state index contributed by atoms with van der Waals surface area (Å²) in [5.74, 6) is -0.874. The summed E-state index contributed by atoms with van der Waals surface area (Å²) >= 11 is 0. The van der Waals surface area contributed by atoms with E-state index in [-0.39, 0.29) is 11.0 Å². The van der Waals surface area contributed by atoms with E-state index in [1.165, 1.54) is 13.1 Å². The highest BCUT2D eigenvalue weighted by molar-refractivity contribution is 5.94. The van der Waals surface area contributed by atoms with Crippen molar-refractivity contribution in [3.63, 3.8) is 0 Å². The van der Waals surface area contributed by atoms with Crippen LogP contribution in [-0.2, 0) is 5.41 Å². The molecule has 0 atom stereocenters. The highest BCUT2D eigenvalue weighted by Crippen LogP contribution is 2.24. The lowest BCUT2D eigenvalue weighted by Gasteiger charge is -2.19. The first kappa shape index (κ1) is 11.7. The Hall–Kier alpha value is -1.38. The van der Waals surface area contributed by atoms with Crippen molar-refractivity contribution in [2.45, 2.75) is 26.2 Å². The quantitative estimate of drug-likeness (QED) is 0.756. The number of hydrogen-bond donors (Lipinski definition) is 1. The molecule has 1 aromatic carbocycles. The molecular weight excluding hydrogens is 193 g/mol. The van der Waals surface area contributed by atoms with Crippen molar-refractivity contribution >= 4 is 5.91 Å². The zero-order chi connectivity index (χ0) is 11.6. The molecule has 0 bridgehead atoms. The molecule has 0 spiro atoms. The summed E-state index contributed by atoms with van der Waals surface area (Å²) in [6, 6.07) is 4.65. The predicted molar refractivity (Wildman–Crippen MR) is 58.5 cm³/mol. The van der Waals surface area contributed by atoms with Crippen LogP contribution in [0, 0.1) is 5.82 Å². The standard InChI is InChI=1S/C12H16FNO/c1-12(2,3)8-5-6-10(13)9(7-8)11(15)14-4/h5-7H,1-4H3,(H,14,15). The van der Waals surface area contributed by atoms with Crippen LogP contribution < -0.4 is 5.32 Å². The van der Waals surface area contributed by atoms with Gasteiger partial charge in [-0.25, -0.2) is 4.39 Å². The van der Waals surface area contributed by atoms with Gasteiger partial charge in [-0.1, -0.05) is 26.8 Å². The van der Waals surface area contributed by atoms with E-state index in [2.05, 4.69) is 5.32 Å². The van der Waals surface area contributed by atoms with Gasteiger partial charge in [0.2, 0.25) is 0 Å². The van der Waals surface area contributed by atoms with Gasteiger partial charge in [0.25, 0.3) is 5.91 Å². The monoisotopic (exact) mass is 209 g/mol. The fourth-order valence-corrected chi connectivity index (χ4v) is 1.30. The van der Waals surface area contributed by atoms with Gasteiger partial charge in [-0.15, -0.1) is 0 Å². The largest absolute Gasteiger partial charge is 0.355 e. The maximum atomic E-state index is 13.3. The van der Waals surface area contributed by atoms with Crippen LogP contribution in [-0.4, -0.2) is 13.0 Å². The summed E-state index contributed by atoms with van der Waals surface area (Å²) in [4.78, 5) is 11.4. The number of halogens is 1. The van der Waals surface area contributed by atoms with E-state index in [0.717, 1.165) is 5.56 Å². The molecule has 0 aromatic heterocycles. The van der Waals surface area contributed by atoms with Gasteiger partial charge in [-0.3, -0.25) is 4.79 Å². The number of benzene rings is 1. The van der Waals surface area contributed by atoms with Gasteiger partial charge in [0.1, 0.15) is 5.82 Å². The lowest BCUT2D eigenvalue weighted by atomic mass is 9.86. The first-order chi connectivity index (χ1) is 6.86. The Labute approximate surface area is 89.5 Å². The molecule has 1 aromatic rings. The topological polar surface area (TPSA) is 29.1 Å². The Kier molecular flexibility index (Phi) is 3.12. The second kappa shape index (κ2) is 4.01. The van der Waals surface area contributed by atoms with Gasteiger partial charge in [-0.05, 0) is 23.1 Å². The SMILES string of the molecule is CNC(=O)c1cc(C(C)(C)C)ccc1F. The summed E-state index contributed by atoms with van der Waals surface area (Å²) in [6.45, 7) is 6.07. The van der Waals surface area contributed by atoms with Crippen LogP contribution in [0.4, 0.5) is 4.39 Å². The molecule has 82 valence electrons. The van der Waals surface area contributed by atoms with Gasteiger partial charge in [0.15, 0.2) is 0 Å². The summed E-state index contributed by atoms with van der Waals surface area (Å²) in [5.41, 5.74) is 0.962. The molecule has 0 radical (unpaired) electrons. The summed E-state index contributed by atoms with van der Waals surface area (Å²) in [7, 11) is 1.49. The van der Waals surface area contributed by atoms with Gasteiger partial charge in [0, 0.05) is 7.05 Å². The number of rotatable bonds is 1. The van der Waals surface area contributed by atoms with Crippen molar-refractivity contribution in [2.24, 2.45) is 0 Å². The van der Waals surface area contributed by atoms with Crippen LogP contribution in [0.1, 0.15) is 36.7 Å². The van der Waals surface area contributed by atoms with Crippen molar-refractivity contribution < 1.29 is 9.18 Å². The van der Waals surface area contributed by atoms with E-state index < -0.39 is 11.7 Å². The van der Waals surface area contributed by atoms with Gasteiger partial charge in [-0.2, -0.15) is 0 Å². The smallest absolute Gasteiger partial charge is 0.254 e. The number of hydrogen-bond acceptors (Lipinski definition) is 1. The van der Waals surface area contributed by atoms with E-state index in [0.29, 0.717) is 0 Å². The maximum absolute atomic E-state index is 13.3. The van der Waals surface area contributed by atoms with Crippen molar-refractivity contribution in [2.75, 3.05) is 7.05 Å². The van der Waals surface area contributed by atoms with Gasteiger partial charge in [0.05, 0.1) is 5.56 Å². The molecule has 0 aliphatic rings. The van der Waals surface area contributed by atoms with Crippen LogP contribution in [0.25, 0.3) is 0 Å². The van der Waals surface area contributed by atoms with Crippen LogP contribution in [0.15, 0.2) is 18.2 Å². The summed E-state index contributed by atoms with van der Waals surface area (Å²) < 4.78 is 13.3. The fourth-order valence-electron chi connectivity index (χ4n) is 1.30. The molecule has 0 fully saturated rings. The minimum absolute atomic E-state index is 0.0868. The zero-order valence-corrected chi connectivity index (χ0v) is 9.52. The molecule has 1 N–H and O–H groups in total. The van der Waals surface area contributed by atoms with E-state index in [4.69, 9.17) is 0 Å². The Morgan fingerprint density at radius 3 is 2.40 bits per heavy atom. The highest BCUT2D eigenvalue weighted by atomic mass is 19.1. The number of carbonyl (C=O) groups is 1. The molecule has 1 amide bonds. The minimum atomic E-state index is -0.484. The maximum Gasteiger partial charge on any atom is 0.254 e. The Balaban J connectivity index is 3.23. The van der Waals surface area contributed by atoms with Crippen LogP contribution in [0.2, 0.25) is 0 Å². The normalized spacial score (nSPS) is 11.3. The molecule has 1 rings (SSSR count). The van der Waals surface area contributed by atoms with E-state index in [9.17, 15) is 9.18 Å². The molecule has 0 aliphatic carbocycles. The second-order valence-corrected chi connectivity index (χ2v) is 4.52. The molecule has 2 nitrogen and oxygen atoms in total. The number of carbonyl (C=O) groups excluding carboxylic acids is 1. The van der Waals surface area contributed by atoms with Crippen LogP contribution >= 0.6 is 0 Å². The second-order valence-electron chi connectivity index (χ2n) is 4.52. The van der Waals surface area contributed by atoms with Crippen molar-refractivity contribution in [3.05, 3.63) is 35.1 Å². The molecule has 0 aliphatic heterocycles. The summed E-state index contributed by atoms with van der Waals surface area (Å²) in [6.07, 6.45) is 0. The van der Waals surface area contributed by atoms with E-state index in [1.54, 1.807) is 12.1 Å². The lowest BCUT2D eigenvalue weighted by molar-refractivity contribution is 0.0959. The molecule has 3 heteroatoms. The Morgan fingerprint density at radius 1 is 1.33 bits per heavy atom. The summed E-state index contributed by atoms with van der Waals surface area (Å²) in [5, 5.41) is 2.42. The average Bonchev–Trinajstić information content (AvgIpc) is 2.15. The molecule has 15 heavy (non-hydrogen) atoms. The average molecular weight is 209 g/mol. The molecular formula is C12H16FNO. The van der Waals surface area contributed by atoms with Crippen LogP contribution in [0.5, 0.6) is 0 Å². The first-order valence-corrected chi connectivity index (χ1v) is 4.88. The van der Waals surface area contributed by atoms with Gasteiger partial charge < -0.3 is 5.32 Å². The molecule has 0 heterocycles. The number of amides is 1. The minimum Gasteiger partial charge on any atom is -0.355 e. The molecule has 0 saturated carbocycles. The molecule has 0 saturated heterocycles. The van der Waals surface area contributed by atoms with E-state index in [1.807, 2.05) is 20.8 Å². The highest BCUT2D eigenvalue weighted by Gasteiger charge is 2.17. The Bertz CT molecular complexity index is 380.